The Bertz CT molecular complexity index is 851. The molecule has 0 aromatic carbocycles. The summed E-state index contributed by atoms with van der Waals surface area (Å²) < 4.78 is 0. The number of aliphatic hydroxyl groups is 4. The highest BCUT2D eigenvalue weighted by molar-refractivity contribution is 5.31. The molecule has 4 N–H and O–H groups in total. The van der Waals surface area contributed by atoms with Crippen molar-refractivity contribution in [3.05, 3.63) is 11.6 Å². The van der Waals surface area contributed by atoms with E-state index in [1.54, 1.807) is 0 Å². The van der Waals surface area contributed by atoms with Crippen molar-refractivity contribution in [3.63, 3.8) is 0 Å². The van der Waals surface area contributed by atoms with Gasteiger partial charge in [-0.1, -0.05) is 39.3 Å². The number of hydrogen-bond donors (Lipinski definition) is 4. The first-order valence-electron chi connectivity index (χ1n) is 14.1. The molecule has 0 amide bonds. The van der Waals surface area contributed by atoms with Crippen LogP contribution in [0.4, 0.5) is 0 Å². The van der Waals surface area contributed by atoms with Gasteiger partial charge in [0.15, 0.2) is 0 Å². The Morgan fingerprint density at radius 1 is 0.941 bits per heavy atom. The first-order valence-corrected chi connectivity index (χ1v) is 14.1. The summed E-state index contributed by atoms with van der Waals surface area (Å²) in [6.07, 6.45) is 10.2. The van der Waals surface area contributed by atoms with Gasteiger partial charge in [-0.2, -0.15) is 0 Å². The van der Waals surface area contributed by atoms with E-state index in [9.17, 15) is 20.4 Å². The lowest BCUT2D eigenvalue weighted by atomic mass is 9.41. The molecular formula is C30H50O4. The van der Waals surface area contributed by atoms with Crippen LogP contribution < -0.4 is 0 Å². The summed E-state index contributed by atoms with van der Waals surface area (Å²) in [4.78, 5) is 0. The molecule has 5 rings (SSSR count). The van der Waals surface area contributed by atoms with Crippen molar-refractivity contribution >= 4 is 0 Å². The van der Waals surface area contributed by atoms with Gasteiger partial charge >= 0.3 is 0 Å². The van der Waals surface area contributed by atoms with Crippen LogP contribution in [0.3, 0.4) is 0 Å². The highest BCUT2D eigenvalue weighted by atomic mass is 16.3. The molecule has 2 spiro atoms. The molecule has 4 nitrogen and oxygen atoms in total. The van der Waals surface area contributed by atoms with Crippen LogP contribution in [0.15, 0.2) is 11.6 Å². The van der Waals surface area contributed by atoms with E-state index in [1.165, 1.54) is 18.4 Å². The molecule has 0 aromatic rings. The lowest BCUT2D eigenvalue weighted by Crippen LogP contribution is -2.59. The molecule has 4 heteroatoms. The lowest BCUT2D eigenvalue weighted by Gasteiger charge is -2.63. The molecule has 0 aromatic heterocycles. The summed E-state index contributed by atoms with van der Waals surface area (Å²) in [6.45, 7) is 13.5. The summed E-state index contributed by atoms with van der Waals surface area (Å²) in [5.74, 6) is 1.19. The number of hydrogen-bond acceptors (Lipinski definition) is 4. The van der Waals surface area contributed by atoms with Crippen LogP contribution in [0, 0.1) is 50.7 Å². The fourth-order valence-corrected chi connectivity index (χ4v) is 11.2. The SMILES string of the molecule is CC(C)=CCC(O)C(C)C1C(O)CC2(C)C3CCC4C(C)(CO)C(O)CCC45CC35CCC12C. The zero-order valence-corrected chi connectivity index (χ0v) is 22.5. The van der Waals surface area contributed by atoms with Crippen molar-refractivity contribution in [3.8, 4) is 0 Å². The van der Waals surface area contributed by atoms with Gasteiger partial charge in [0.25, 0.3) is 0 Å². The summed E-state index contributed by atoms with van der Waals surface area (Å²) in [7, 11) is 0. The number of aliphatic hydroxyl groups excluding tert-OH is 4. The molecule has 5 fully saturated rings. The topological polar surface area (TPSA) is 80.9 Å². The smallest absolute Gasteiger partial charge is 0.0618 e. The molecule has 5 aliphatic rings. The van der Waals surface area contributed by atoms with Crippen LogP contribution >= 0.6 is 0 Å². The molecule has 0 bridgehead atoms. The van der Waals surface area contributed by atoms with Crippen LogP contribution in [0.1, 0.15) is 99.3 Å². The van der Waals surface area contributed by atoms with E-state index in [1.807, 2.05) is 0 Å². The largest absolute Gasteiger partial charge is 0.396 e. The third-order valence-corrected chi connectivity index (χ3v) is 13.2. The normalized spacial score (nSPS) is 55.3. The maximum atomic E-state index is 11.5. The standard InChI is InChI=1S/C30H50O4/c1-18(2)7-8-20(32)19(3)25-21(33)15-28(6)23-10-9-22-26(4,17-31)24(34)11-12-29(22)16-30(23,29)14-13-27(25,28)5/h7,19-25,31-34H,8-17H2,1-6H3. The minimum atomic E-state index is -0.419. The minimum Gasteiger partial charge on any atom is -0.396 e. The van der Waals surface area contributed by atoms with Crippen molar-refractivity contribution in [2.24, 2.45) is 50.7 Å². The number of allylic oxidation sites excluding steroid dienone is 1. The Kier molecular flexibility index (Phi) is 5.78. The van der Waals surface area contributed by atoms with Crippen molar-refractivity contribution in [2.75, 3.05) is 6.61 Å². The molecule has 0 aliphatic heterocycles. The fourth-order valence-electron chi connectivity index (χ4n) is 11.2. The van der Waals surface area contributed by atoms with Gasteiger partial charge in [-0.25, -0.2) is 0 Å². The first kappa shape index (κ1) is 25.2. The van der Waals surface area contributed by atoms with Crippen molar-refractivity contribution < 1.29 is 20.4 Å². The van der Waals surface area contributed by atoms with E-state index in [-0.39, 0.29) is 46.2 Å². The van der Waals surface area contributed by atoms with Crippen molar-refractivity contribution in [1.29, 1.82) is 0 Å². The van der Waals surface area contributed by atoms with Crippen LogP contribution in [0.2, 0.25) is 0 Å². The quantitative estimate of drug-likeness (QED) is 0.419. The minimum absolute atomic E-state index is 0.0266. The van der Waals surface area contributed by atoms with Crippen LogP contribution in [0.25, 0.3) is 0 Å². The van der Waals surface area contributed by atoms with Crippen LogP contribution in [-0.2, 0) is 0 Å². The van der Waals surface area contributed by atoms with E-state index in [2.05, 4.69) is 47.6 Å². The summed E-state index contributed by atoms with van der Waals surface area (Å²) in [5.41, 5.74) is 1.54. The molecule has 0 heterocycles. The Labute approximate surface area is 207 Å². The molecular weight excluding hydrogens is 424 g/mol. The van der Waals surface area contributed by atoms with Gasteiger partial charge in [-0.05, 0) is 117 Å². The van der Waals surface area contributed by atoms with Crippen molar-refractivity contribution in [1.82, 2.24) is 0 Å². The summed E-state index contributed by atoms with van der Waals surface area (Å²) >= 11 is 0. The van der Waals surface area contributed by atoms with Gasteiger partial charge in [0.05, 0.1) is 24.9 Å². The lowest BCUT2D eigenvalue weighted by molar-refractivity contribution is -0.176. The molecule has 5 aliphatic carbocycles. The molecule has 34 heavy (non-hydrogen) atoms. The third kappa shape index (κ3) is 2.92. The van der Waals surface area contributed by atoms with Gasteiger partial charge < -0.3 is 20.4 Å². The van der Waals surface area contributed by atoms with E-state index >= 15 is 0 Å². The first-order chi connectivity index (χ1) is 15.8. The second kappa shape index (κ2) is 7.79. The second-order valence-electron chi connectivity index (χ2n) is 14.5. The van der Waals surface area contributed by atoms with E-state index in [0.717, 1.165) is 38.5 Å². The Hall–Kier alpha value is -0.420. The maximum Gasteiger partial charge on any atom is 0.0618 e. The van der Waals surface area contributed by atoms with Gasteiger partial charge in [0, 0.05) is 5.41 Å². The molecule has 12 atom stereocenters. The highest BCUT2D eigenvalue weighted by Crippen LogP contribution is 2.89. The zero-order valence-electron chi connectivity index (χ0n) is 22.5. The zero-order chi connectivity index (χ0) is 24.9. The van der Waals surface area contributed by atoms with E-state index in [4.69, 9.17) is 0 Å². The van der Waals surface area contributed by atoms with E-state index < -0.39 is 12.2 Å². The van der Waals surface area contributed by atoms with Gasteiger partial charge in [0.2, 0.25) is 0 Å². The molecule has 12 unspecified atom stereocenters. The third-order valence-electron chi connectivity index (χ3n) is 13.2. The fraction of sp³-hybridized carbons (Fsp3) is 0.933. The Morgan fingerprint density at radius 2 is 1.59 bits per heavy atom. The Balaban J connectivity index is 1.46. The van der Waals surface area contributed by atoms with Gasteiger partial charge in [-0.15, -0.1) is 0 Å². The Morgan fingerprint density at radius 3 is 2.24 bits per heavy atom. The van der Waals surface area contributed by atoms with Gasteiger partial charge in [0.1, 0.15) is 0 Å². The van der Waals surface area contributed by atoms with Gasteiger partial charge in [-0.3, -0.25) is 0 Å². The highest BCUT2D eigenvalue weighted by Gasteiger charge is 2.83. The number of rotatable bonds is 5. The van der Waals surface area contributed by atoms with E-state index in [0.29, 0.717) is 23.7 Å². The average Bonchev–Trinajstić information content (AvgIpc) is 3.40. The molecule has 0 saturated heterocycles. The molecule has 194 valence electrons. The summed E-state index contributed by atoms with van der Waals surface area (Å²) in [6, 6.07) is 0. The van der Waals surface area contributed by atoms with Crippen LogP contribution in [-0.4, -0.2) is 45.3 Å². The monoisotopic (exact) mass is 474 g/mol. The predicted octanol–water partition coefficient (Wildman–Crippen LogP) is 5.08. The average molecular weight is 475 g/mol. The summed E-state index contributed by atoms with van der Waals surface area (Å²) in [5, 5.41) is 43.9. The van der Waals surface area contributed by atoms with Crippen LogP contribution in [0.5, 0.6) is 0 Å². The number of fused-ring (bicyclic) bond motifs is 2. The molecule has 0 radical (unpaired) electrons. The second-order valence-corrected chi connectivity index (χ2v) is 14.5. The van der Waals surface area contributed by atoms with Crippen molar-refractivity contribution in [2.45, 2.75) is 118 Å². The predicted molar refractivity (Wildman–Crippen MR) is 135 cm³/mol. The maximum absolute atomic E-state index is 11.5. The molecule has 5 saturated carbocycles.